The highest BCUT2D eigenvalue weighted by Crippen LogP contribution is 2.40. The van der Waals surface area contributed by atoms with Gasteiger partial charge in [-0.05, 0) is 55.5 Å². The summed E-state index contributed by atoms with van der Waals surface area (Å²) >= 11 is 0. The minimum absolute atomic E-state index is 0.00689. The molecule has 0 saturated carbocycles. The van der Waals surface area contributed by atoms with Crippen molar-refractivity contribution < 1.29 is 28.2 Å². The molecule has 4 aromatic rings. The van der Waals surface area contributed by atoms with Gasteiger partial charge in [-0.2, -0.15) is 0 Å². The van der Waals surface area contributed by atoms with Crippen molar-refractivity contribution in [3.63, 3.8) is 0 Å². The Morgan fingerprint density at radius 2 is 1.82 bits per heavy atom. The fourth-order valence-corrected chi connectivity index (χ4v) is 4.37. The molecule has 0 aliphatic carbocycles. The Bertz CT molecular complexity index is 1600. The molecule has 2 heterocycles. The van der Waals surface area contributed by atoms with Gasteiger partial charge in [0.05, 0.1) is 47.4 Å². The summed E-state index contributed by atoms with van der Waals surface area (Å²) < 4.78 is 24.9. The maximum absolute atomic E-state index is 14.6. The summed E-state index contributed by atoms with van der Waals surface area (Å²) in [7, 11) is 3.14. The van der Waals surface area contributed by atoms with Crippen molar-refractivity contribution in [2.45, 2.75) is 6.92 Å². The molecule has 5 rings (SSSR count). The number of methoxy groups -OCH3 is 1. The highest BCUT2D eigenvalue weighted by atomic mass is 19.1. The fraction of sp³-hybridized carbons (Fsp3) is 0.143. The molecule has 9 nitrogen and oxygen atoms in total. The molecule has 10 heteroatoms. The number of esters is 1. The van der Waals surface area contributed by atoms with Gasteiger partial charge in [0.1, 0.15) is 17.3 Å². The van der Waals surface area contributed by atoms with E-state index in [1.807, 2.05) is 0 Å². The third-order valence-corrected chi connectivity index (χ3v) is 6.12. The van der Waals surface area contributed by atoms with E-state index in [-0.39, 0.29) is 34.8 Å². The van der Waals surface area contributed by atoms with Crippen LogP contribution in [0.15, 0.2) is 60.7 Å². The number of pyridine rings is 1. The van der Waals surface area contributed by atoms with Gasteiger partial charge < -0.3 is 20.1 Å². The molecule has 0 atom stereocenters. The zero-order valence-electron chi connectivity index (χ0n) is 20.8. The van der Waals surface area contributed by atoms with Gasteiger partial charge in [0.25, 0.3) is 11.8 Å². The van der Waals surface area contributed by atoms with Crippen LogP contribution in [-0.4, -0.2) is 43.5 Å². The zero-order chi connectivity index (χ0) is 27.0. The Labute approximate surface area is 217 Å². The first-order chi connectivity index (χ1) is 18.4. The van der Waals surface area contributed by atoms with E-state index in [0.717, 1.165) is 4.90 Å². The van der Waals surface area contributed by atoms with Gasteiger partial charge in [0.15, 0.2) is 0 Å². The number of carbonyl (C=O) groups excluding carboxylic acids is 3. The first-order valence-corrected chi connectivity index (χ1v) is 11.8. The number of hydrogen-bond acceptors (Lipinski definition) is 8. The number of nitrogens with one attached hydrogen (secondary N) is 2. The van der Waals surface area contributed by atoms with E-state index in [9.17, 15) is 18.8 Å². The Morgan fingerprint density at radius 3 is 2.50 bits per heavy atom. The first-order valence-electron chi connectivity index (χ1n) is 11.8. The Kier molecular flexibility index (Phi) is 6.38. The van der Waals surface area contributed by atoms with Crippen molar-refractivity contribution in [3.05, 3.63) is 83.3 Å². The number of halogens is 1. The standard InChI is InChI=1S/C28H23FN4O5/c1-4-38-28(36)15-8-10-18(11-9-15)33-26(34)22-24(31-17-6-5-7-19(14-17)37-3)20-12-16(29)13-21(30-2)23(20)32-25(22)27(33)35/h5-14,30H,4H2,1-3H3,(H,31,32). The lowest BCUT2D eigenvalue weighted by Gasteiger charge is -2.16. The highest BCUT2D eigenvalue weighted by Gasteiger charge is 2.41. The fourth-order valence-electron chi connectivity index (χ4n) is 4.37. The van der Waals surface area contributed by atoms with E-state index in [1.165, 1.54) is 43.5 Å². The number of carbonyl (C=O) groups is 3. The minimum Gasteiger partial charge on any atom is -0.497 e. The molecular weight excluding hydrogens is 491 g/mol. The van der Waals surface area contributed by atoms with E-state index >= 15 is 0 Å². The van der Waals surface area contributed by atoms with Crippen LogP contribution in [0.3, 0.4) is 0 Å². The van der Waals surface area contributed by atoms with Crippen molar-refractivity contribution in [2.24, 2.45) is 0 Å². The number of benzene rings is 3. The number of aromatic nitrogens is 1. The van der Waals surface area contributed by atoms with Crippen LogP contribution in [0.5, 0.6) is 5.75 Å². The number of fused-ring (bicyclic) bond motifs is 2. The average Bonchev–Trinajstić information content (AvgIpc) is 3.17. The summed E-state index contributed by atoms with van der Waals surface area (Å²) in [6.45, 7) is 1.92. The lowest BCUT2D eigenvalue weighted by molar-refractivity contribution is 0.0526. The van der Waals surface area contributed by atoms with Gasteiger partial charge in [0.2, 0.25) is 0 Å². The SMILES string of the molecule is CCOC(=O)c1ccc(N2C(=O)c3nc4c(NC)cc(F)cc4c(Nc4cccc(OC)c4)c3C2=O)cc1. The smallest absolute Gasteiger partial charge is 0.338 e. The molecule has 192 valence electrons. The van der Waals surface area contributed by atoms with E-state index < -0.39 is 23.6 Å². The van der Waals surface area contributed by atoms with E-state index in [4.69, 9.17) is 9.47 Å². The van der Waals surface area contributed by atoms with Crippen LogP contribution in [0.2, 0.25) is 0 Å². The third-order valence-electron chi connectivity index (χ3n) is 6.12. The summed E-state index contributed by atoms with van der Waals surface area (Å²) in [4.78, 5) is 44.8. The number of amides is 2. The molecule has 1 aliphatic heterocycles. The van der Waals surface area contributed by atoms with Crippen molar-refractivity contribution in [1.29, 1.82) is 0 Å². The second-order valence-corrected chi connectivity index (χ2v) is 8.38. The van der Waals surface area contributed by atoms with Crippen LogP contribution in [-0.2, 0) is 4.74 Å². The van der Waals surface area contributed by atoms with Crippen molar-refractivity contribution in [1.82, 2.24) is 4.98 Å². The lowest BCUT2D eigenvalue weighted by Crippen LogP contribution is -2.29. The van der Waals surface area contributed by atoms with Crippen LogP contribution in [0.4, 0.5) is 27.1 Å². The van der Waals surface area contributed by atoms with E-state index in [1.54, 1.807) is 38.2 Å². The predicted molar refractivity (Wildman–Crippen MR) is 141 cm³/mol. The normalized spacial score (nSPS) is 12.5. The molecule has 0 fully saturated rings. The second-order valence-electron chi connectivity index (χ2n) is 8.38. The summed E-state index contributed by atoms with van der Waals surface area (Å²) in [5.41, 5.74) is 1.93. The summed E-state index contributed by atoms with van der Waals surface area (Å²) in [6, 6.07) is 15.4. The van der Waals surface area contributed by atoms with Crippen LogP contribution >= 0.6 is 0 Å². The molecule has 0 bridgehead atoms. The molecule has 0 radical (unpaired) electrons. The molecule has 1 aromatic heterocycles. The Hall–Kier alpha value is -4.99. The quantitative estimate of drug-likeness (QED) is 0.258. The van der Waals surface area contributed by atoms with E-state index in [0.29, 0.717) is 28.0 Å². The number of nitrogens with zero attached hydrogens (tertiary/aromatic N) is 2. The van der Waals surface area contributed by atoms with Gasteiger partial charge in [-0.15, -0.1) is 0 Å². The molecular formula is C28H23FN4O5. The summed E-state index contributed by atoms with van der Waals surface area (Å²) in [5, 5.41) is 6.41. The predicted octanol–water partition coefficient (Wildman–Crippen LogP) is 5.15. The minimum atomic E-state index is -0.643. The number of hydrogen-bond donors (Lipinski definition) is 2. The number of rotatable bonds is 7. The number of ether oxygens (including phenoxy) is 2. The van der Waals surface area contributed by atoms with Crippen LogP contribution < -0.4 is 20.3 Å². The molecule has 2 amide bonds. The van der Waals surface area contributed by atoms with E-state index in [2.05, 4.69) is 15.6 Å². The number of anilines is 4. The van der Waals surface area contributed by atoms with Crippen molar-refractivity contribution in [3.8, 4) is 5.75 Å². The number of imide groups is 1. The second kappa shape index (κ2) is 9.81. The van der Waals surface area contributed by atoms with Crippen molar-refractivity contribution in [2.75, 3.05) is 36.3 Å². The van der Waals surface area contributed by atoms with Crippen LogP contribution in [0.25, 0.3) is 10.9 Å². The van der Waals surface area contributed by atoms with Gasteiger partial charge in [0, 0.05) is 24.2 Å². The Morgan fingerprint density at radius 1 is 1.05 bits per heavy atom. The van der Waals surface area contributed by atoms with Gasteiger partial charge in [-0.3, -0.25) is 9.59 Å². The monoisotopic (exact) mass is 514 g/mol. The highest BCUT2D eigenvalue weighted by molar-refractivity contribution is 6.37. The molecule has 3 aromatic carbocycles. The third kappa shape index (κ3) is 4.15. The average molecular weight is 515 g/mol. The molecule has 1 aliphatic rings. The van der Waals surface area contributed by atoms with Crippen LogP contribution in [0.1, 0.15) is 38.1 Å². The summed E-state index contributed by atoms with van der Waals surface area (Å²) in [5.74, 6) is -1.76. The maximum Gasteiger partial charge on any atom is 0.338 e. The first kappa shape index (κ1) is 24.7. The van der Waals surface area contributed by atoms with Crippen LogP contribution in [0, 0.1) is 5.82 Å². The zero-order valence-corrected chi connectivity index (χ0v) is 20.8. The van der Waals surface area contributed by atoms with Gasteiger partial charge >= 0.3 is 5.97 Å². The largest absolute Gasteiger partial charge is 0.497 e. The molecule has 0 unspecified atom stereocenters. The van der Waals surface area contributed by atoms with Gasteiger partial charge in [-0.25, -0.2) is 19.1 Å². The molecule has 38 heavy (non-hydrogen) atoms. The van der Waals surface area contributed by atoms with Gasteiger partial charge in [-0.1, -0.05) is 6.07 Å². The maximum atomic E-state index is 14.6. The molecule has 0 spiro atoms. The molecule has 2 N–H and O–H groups in total. The molecule has 0 saturated heterocycles. The summed E-state index contributed by atoms with van der Waals surface area (Å²) in [6.07, 6.45) is 0. The Balaban J connectivity index is 1.67. The lowest BCUT2D eigenvalue weighted by atomic mass is 10.0. The van der Waals surface area contributed by atoms with Crippen molar-refractivity contribution >= 4 is 51.4 Å². The topological polar surface area (TPSA) is 110 Å².